The van der Waals surface area contributed by atoms with E-state index in [1.807, 2.05) is 0 Å². The number of aryl methyl sites for hydroxylation is 2. The van der Waals surface area contributed by atoms with Gasteiger partial charge in [0.15, 0.2) is 0 Å². The number of rotatable bonds is 11. The maximum absolute atomic E-state index is 11.2. The molecule has 2 aromatic rings. The molecule has 2 aromatic carbocycles. The van der Waals surface area contributed by atoms with Gasteiger partial charge in [-0.15, -0.1) is 0 Å². The molecule has 1 aliphatic rings. The van der Waals surface area contributed by atoms with Gasteiger partial charge in [-0.2, -0.15) is 0 Å². The quantitative estimate of drug-likeness (QED) is 0.216. The van der Waals surface area contributed by atoms with E-state index in [1.165, 1.54) is 47.1 Å². The topological polar surface area (TPSA) is 25.3 Å². The summed E-state index contributed by atoms with van der Waals surface area (Å²) in [5, 5.41) is 0. The summed E-state index contributed by atoms with van der Waals surface area (Å²) < 4.78 is 1.41. The second-order valence-corrected chi connectivity index (χ2v) is 8.42. The molecule has 0 N–H and O–H groups in total. The number of allylic oxidation sites excluding steroid dienone is 2. The molecule has 168 valence electrons. The second-order valence-electron chi connectivity index (χ2n) is 8.42. The summed E-state index contributed by atoms with van der Waals surface area (Å²) in [5.41, 5.74) is 19.1. The van der Waals surface area contributed by atoms with Crippen molar-refractivity contribution >= 4 is 11.4 Å². The maximum Gasteiger partial charge on any atom is 0.210 e. The standard InChI is InChI=1S/C28H36N2.Pd/c1-4-7-10-22-13-17-24(18-14-22)27-21-26(12-9-6-3)28(30(27)29)25-19-15-23(16-20-25)11-8-5-2;/h13-21H,4-12H2,1-3H3;. The third-order valence-corrected chi connectivity index (χ3v) is 5.97. The van der Waals surface area contributed by atoms with Gasteiger partial charge >= 0.3 is 0 Å². The molecular formula is C28H36N2Pd. The van der Waals surface area contributed by atoms with E-state index < -0.39 is 0 Å². The zero-order valence-electron chi connectivity index (χ0n) is 19.3. The zero-order chi connectivity index (χ0) is 21.3. The van der Waals surface area contributed by atoms with Crippen molar-refractivity contribution in [2.24, 2.45) is 0 Å². The van der Waals surface area contributed by atoms with Crippen molar-refractivity contribution in [1.82, 2.24) is 0 Å². The molecule has 0 bridgehead atoms. The first kappa shape index (κ1) is 25.4. The number of hydrogen-bond donors (Lipinski definition) is 0. The molecule has 1 heterocycles. The van der Waals surface area contributed by atoms with Crippen molar-refractivity contribution < 1.29 is 25.1 Å². The molecule has 31 heavy (non-hydrogen) atoms. The summed E-state index contributed by atoms with van der Waals surface area (Å²) >= 11 is 0. The average Bonchev–Trinajstić information content (AvgIpc) is 3.11. The van der Waals surface area contributed by atoms with Crippen LogP contribution in [0.25, 0.3) is 16.9 Å². The predicted molar refractivity (Wildman–Crippen MR) is 128 cm³/mol. The van der Waals surface area contributed by atoms with Gasteiger partial charge in [-0.25, -0.2) is 4.70 Å². The van der Waals surface area contributed by atoms with E-state index in [4.69, 9.17) is 0 Å². The number of unbranched alkanes of at least 4 members (excludes halogenated alkanes) is 3. The second kappa shape index (κ2) is 12.9. The van der Waals surface area contributed by atoms with E-state index in [0.29, 0.717) is 0 Å². The molecule has 2 nitrogen and oxygen atoms in total. The number of hydrogen-bond acceptors (Lipinski definition) is 0. The van der Waals surface area contributed by atoms with Crippen LogP contribution >= 0.6 is 0 Å². The fraction of sp³-hybridized carbons (Fsp3) is 0.429. The van der Waals surface area contributed by atoms with E-state index in [2.05, 4.69) is 75.4 Å². The van der Waals surface area contributed by atoms with Crippen LogP contribution in [-0.4, -0.2) is 4.70 Å². The Balaban J connectivity index is 0.00000341. The van der Waals surface area contributed by atoms with Crippen molar-refractivity contribution in [3.05, 3.63) is 88.0 Å². The van der Waals surface area contributed by atoms with Crippen molar-refractivity contribution in [3.8, 4) is 0 Å². The van der Waals surface area contributed by atoms with Crippen LogP contribution in [0.4, 0.5) is 0 Å². The first-order valence-corrected chi connectivity index (χ1v) is 11.8. The fourth-order valence-corrected chi connectivity index (χ4v) is 4.06. The van der Waals surface area contributed by atoms with Crippen LogP contribution in [0.15, 0.2) is 60.2 Å². The smallest absolute Gasteiger partial charge is 0.210 e. The normalized spacial score (nSPS) is 13.4. The number of nitrogens with zero attached hydrogens (tertiary/aromatic N) is 2. The van der Waals surface area contributed by atoms with Gasteiger partial charge in [0.05, 0.1) is 0 Å². The molecule has 0 aliphatic carbocycles. The van der Waals surface area contributed by atoms with E-state index >= 15 is 0 Å². The van der Waals surface area contributed by atoms with E-state index in [9.17, 15) is 5.53 Å². The minimum absolute atomic E-state index is 0. The molecule has 0 unspecified atom stereocenters. The van der Waals surface area contributed by atoms with Gasteiger partial charge in [0.1, 0.15) is 0 Å². The summed E-state index contributed by atoms with van der Waals surface area (Å²) in [4.78, 5) is 0. The molecule has 0 aromatic heterocycles. The Bertz CT molecular complexity index is 905. The summed E-state index contributed by atoms with van der Waals surface area (Å²) in [6.07, 6.45) is 12.5. The fourth-order valence-electron chi connectivity index (χ4n) is 4.06. The van der Waals surface area contributed by atoms with Gasteiger partial charge in [-0.05, 0) is 73.9 Å². The maximum atomic E-state index is 11.2. The minimum Gasteiger partial charge on any atom is -0.493 e. The molecule has 0 spiro atoms. The summed E-state index contributed by atoms with van der Waals surface area (Å²) in [6.45, 7) is 6.67. The Morgan fingerprint density at radius 3 is 1.58 bits per heavy atom. The summed E-state index contributed by atoms with van der Waals surface area (Å²) in [6, 6.07) is 17.5. The van der Waals surface area contributed by atoms with Gasteiger partial charge in [0.25, 0.3) is 0 Å². The Morgan fingerprint density at radius 1 is 0.645 bits per heavy atom. The Kier molecular flexibility index (Phi) is 10.6. The molecule has 0 saturated heterocycles. The van der Waals surface area contributed by atoms with Crippen LogP contribution < -0.4 is 0 Å². The van der Waals surface area contributed by atoms with Crippen LogP contribution in [0.1, 0.15) is 88.0 Å². The zero-order valence-corrected chi connectivity index (χ0v) is 20.8. The van der Waals surface area contributed by atoms with Gasteiger partial charge in [0, 0.05) is 43.2 Å². The molecule has 0 saturated carbocycles. The third kappa shape index (κ3) is 6.58. The van der Waals surface area contributed by atoms with Gasteiger partial charge < -0.3 is 5.53 Å². The third-order valence-electron chi connectivity index (χ3n) is 5.97. The Hall–Kier alpha value is -1.82. The van der Waals surface area contributed by atoms with Gasteiger partial charge in [0.2, 0.25) is 11.4 Å². The summed E-state index contributed by atoms with van der Waals surface area (Å²) in [7, 11) is 0. The molecule has 3 heteroatoms. The van der Waals surface area contributed by atoms with Crippen molar-refractivity contribution in [2.45, 2.75) is 78.6 Å². The van der Waals surface area contributed by atoms with E-state index in [1.54, 1.807) is 0 Å². The molecule has 0 fully saturated rings. The van der Waals surface area contributed by atoms with Crippen molar-refractivity contribution in [3.63, 3.8) is 0 Å². The van der Waals surface area contributed by atoms with E-state index in [-0.39, 0.29) is 20.4 Å². The molecule has 0 atom stereocenters. The van der Waals surface area contributed by atoms with Crippen LogP contribution in [0.2, 0.25) is 0 Å². The van der Waals surface area contributed by atoms with Gasteiger partial charge in [-0.3, -0.25) is 0 Å². The molecular weight excluding hydrogens is 471 g/mol. The van der Waals surface area contributed by atoms with E-state index in [0.717, 1.165) is 54.6 Å². The van der Waals surface area contributed by atoms with Crippen LogP contribution in [-0.2, 0) is 33.3 Å². The minimum atomic E-state index is 0. The molecule has 0 radical (unpaired) electrons. The summed E-state index contributed by atoms with van der Waals surface area (Å²) in [5.74, 6) is 0. The Labute approximate surface area is 202 Å². The van der Waals surface area contributed by atoms with Crippen LogP contribution in [0, 0.1) is 0 Å². The van der Waals surface area contributed by atoms with Crippen LogP contribution in [0.3, 0.4) is 0 Å². The van der Waals surface area contributed by atoms with Crippen LogP contribution in [0.5, 0.6) is 0 Å². The van der Waals surface area contributed by atoms with Gasteiger partial charge in [-0.1, -0.05) is 64.3 Å². The number of benzene rings is 2. The first-order valence-electron chi connectivity index (χ1n) is 11.8. The first-order chi connectivity index (χ1) is 14.7. The predicted octanol–water partition coefficient (Wildman–Crippen LogP) is 8.36. The average molecular weight is 507 g/mol. The SMILES string of the molecule is CCCCC1=C(c2ccc(CCCC)cc2)[N+](=[N-])C(c2ccc(CCCC)cc2)=C1.[Pd]. The molecule has 3 rings (SSSR count). The Morgan fingerprint density at radius 2 is 1.10 bits per heavy atom. The van der Waals surface area contributed by atoms with Crippen molar-refractivity contribution in [1.29, 1.82) is 0 Å². The monoisotopic (exact) mass is 506 g/mol. The molecule has 1 aliphatic heterocycles. The van der Waals surface area contributed by atoms with Crippen molar-refractivity contribution in [2.75, 3.05) is 0 Å². The largest absolute Gasteiger partial charge is 0.493 e. The molecule has 0 amide bonds.